The lowest BCUT2D eigenvalue weighted by atomic mass is 10.1. The molecule has 0 N–H and O–H groups in total. The number of hydrogen-bond acceptors (Lipinski definition) is 4. The zero-order valence-corrected chi connectivity index (χ0v) is 15.5. The minimum absolute atomic E-state index is 0.0360. The maximum atomic E-state index is 15.1. The lowest BCUT2D eigenvalue weighted by Crippen LogP contribution is -2.32. The molecule has 7 heteroatoms. The second kappa shape index (κ2) is 6.70. The molecule has 6 nitrogen and oxygen atoms in total. The topological polar surface area (TPSA) is 64.2 Å². The van der Waals surface area contributed by atoms with E-state index in [2.05, 4.69) is 16.8 Å². The van der Waals surface area contributed by atoms with Crippen LogP contribution in [0.1, 0.15) is 10.4 Å². The Morgan fingerprint density at radius 1 is 1.17 bits per heavy atom. The standard InChI is InChI=1S/C22H17FN4O2/c1-2-8-26-9-10-27-19(12-14-4-3-5-17(20(14)27)22(26)28)16-7-6-15(11-18(16)23)21-25-24-13-29-21/h2-7,11-13H,1,8-10H2. The fraction of sp³-hybridized carbons (Fsp3) is 0.136. The number of aromatic nitrogens is 3. The number of carbonyl (C=O) groups is 1. The second-order valence-corrected chi connectivity index (χ2v) is 6.90. The maximum absolute atomic E-state index is 15.1. The molecule has 1 aliphatic heterocycles. The molecule has 1 amide bonds. The fourth-order valence-electron chi connectivity index (χ4n) is 3.93. The SMILES string of the molecule is C=CCN1CCn2c(-c3ccc(-c4nnco4)cc3F)cc3cccc(c32)C1=O. The van der Waals surface area contributed by atoms with Crippen molar-refractivity contribution in [3.05, 3.63) is 72.9 Å². The van der Waals surface area contributed by atoms with Gasteiger partial charge in [0.25, 0.3) is 5.91 Å². The van der Waals surface area contributed by atoms with Crippen molar-refractivity contribution in [3.63, 3.8) is 0 Å². The highest BCUT2D eigenvalue weighted by atomic mass is 19.1. The van der Waals surface area contributed by atoms with E-state index in [-0.39, 0.29) is 17.6 Å². The van der Waals surface area contributed by atoms with Crippen LogP contribution >= 0.6 is 0 Å². The molecular weight excluding hydrogens is 371 g/mol. The third-order valence-corrected chi connectivity index (χ3v) is 5.23. The normalized spacial score (nSPS) is 13.7. The first kappa shape index (κ1) is 17.4. The number of hydrogen-bond donors (Lipinski definition) is 0. The summed E-state index contributed by atoms with van der Waals surface area (Å²) in [5.74, 6) is -0.159. The monoisotopic (exact) mass is 388 g/mol. The third kappa shape index (κ3) is 2.74. The molecule has 0 radical (unpaired) electrons. The highest BCUT2D eigenvalue weighted by Gasteiger charge is 2.26. The van der Waals surface area contributed by atoms with Gasteiger partial charge in [-0.2, -0.15) is 0 Å². The molecular formula is C22H17FN4O2. The van der Waals surface area contributed by atoms with Crippen molar-refractivity contribution in [2.45, 2.75) is 6.54 Å². The minimum atomic E-state index is -0.389. The van der Waals surface area contributed by atoms with E-state index in [1.807, 2.05) is 28.8 Å². The van der Waals surface area contributed by atoms with E-state index in [9.17, 15) is 4.79 Å². The fourth-order valence-corrected chi connectivity index (χ4v) is 3.93. The van der Waals surface area contributed by atoms with Crippen LogP contribution in [-0.2, 0) is 6.54 Å². The van der Waals surface area contributed by atoms with Gasteiger partial charge in [-0.25, -0.2) is 4.39 Å². The molecule has 0 bridgehead atoms. The lowest BCUT2D eigenvalue weighted by molar-refractivity contribution is 0.0777. The summed E-state index contributed by atoms with van der Waals surface area (Å²) in [7, 11) is 0. The predicted octanol–water partition coefficient (Wildman–Crippen LogP) is 4.14. The summed E-state index contributed by atoms with van der Waals surface area (Å²) in [6.45, 7) is 5.31. The summed E-state index contributed by atoms with van der Waals surface area (Å²) in [4.78, 5) is 14.7. The van der Waals surface area contributed by atoms with Gasteiger partial charge in [0.2, 0.25) is 12.3 Å². The Bertz CT molecular complexity index is 1240. The van der Waals surface area contributed by atoms with E-state index in [4.69, 9.17) is 4.42 Å². The summed E-state index contributed by atoms with van der Waals surface area (Å²) in [5, 5.41) is 8.37. The molecule has 0 saturated heterocycles. The highest BCUT2D eigenvalue weighted by molar-refractivity contribution is 6.07. The van der Waals surface area contributed by atoms with Crippen molar-refractivity contribution in [2.24, 2.45) is 0 Å². The van der Waals surface area contributed by atoms with Gasteiger partial charge < -0.3 is 13.9 Å². The summed E-state index contributed by atoms with van der Waals surface area (Å²) < 4.78 is 22.3. The van der Waals surface area contributed by atoms with Gasteiger partial charge in [0.15, 0.2) is 0 Å². The molecule has 0 saturated carbocycles. The summed E-state index contributed by atoms with van der Waals surface area (Å²) in [6.07, 6.45) is 2.93. The van der Waals surface area contributed by atoms with Gasteiger partial charge in [0, 0.05) is 36.1 Å². The molecule has 2 aromatic heterocycles. The van der Waals surface area contributed by atoms with Gasteiger partial charge in [-0.3, -0.25) is 4.79 Å². The molecule has 144 valence electrons. The molecule has 0 spiro atoms. The van der Waals surface area contributed by atoms with Crippen LogP contribution in [0.25, 0.3) is 33.6 Å². The van der Waals surface area contributed by atoms with Gasteiger partial charge in [-0.15, -0.1) is 16.8 Å². The molecule has 0 aliphatic carbocycles. The molecule has 0 atom stereocenters. The molecule has 3 heterocycles. The third-order valence-electron chi connectivity index (χ3n) is 5.23. The number of nitrogens with zero attached hydrogens (tertiary/aromatic N) is 4. The van der Waals surface area contributed by atoms with E-state index in [0.717, 1.165) is 16.6 Å². The number of benzene rings is 2. The molecule has 2 aromatic carbocycles. The number of halogens is 1. The summed E-state index contributed by atoms with van der Waals surface area (Å²) in [5.41, 5.74) is 3.16. The largest absolute Gasteiger partial charge is 0.423 e. The van der Waals surface area contributed by atoms with E-state index >= 15 is 4.39 Å². The Morgan fingerprint density at radius 3 is 2.83 bits per heavy atom. The quantitative estimate of drug-likeness (QED) is 0.493. The molecule has 0 fully saturated rings. The van der Waals surface area contributed by atoms with Gasteiger partial charge in [0.1, 0.15) is 5.82 Å². The Labute approximate surface area is 165 Å². The van der Waals surface area contributed by atoms with Crippen molar-refractivity contribution < 1.29 is 13.6 Å². The van der Waals surface area contributed by atoms with Gasteiger partial charge in [-0.1, -0.05) is 18.2 Å². The van der Waals surface area contributed by atoms with E-state index in [0.29, 0.717) is 36.3 Å². The Kier molecular flexibility index (Phi) is 4.01. The molecule has 4 aromatic rings. The Hall–Kier alpha value is -3.74. The van der Waals surface area contributed by atoms with E-state index in [1.165, 1.54) is 12.5 Å². The summed E-state index contributed by atoms with van der Waals surface area (Å²) in [6, 6.07) is 12.4. The van der Waals surface area contributed by atoms with Crippen molar-refractivity contribution >= 4 is 16.8 Å². The first-order chi connectivity index (χ1) is 14.2. The average Bonchev–Trinajstić information content (AvgIpc) is 3.35. The van der Waals surface area contributed by atoms with Crippen LogP contribution < -0.4 is 0 Å². The van der Waals surface area contributed by atoms with Crippen molar-refractivity contribution in [1.29, 1.82) is 0 Å². The number of carbonyl (C=O) groups excluding carboxylic acids is 1. The Balaban J connectivity index is 1.66. The average molecular weight is 388 g/mol. The van der Waals surface area contributed by atoms with E-state index in [1.54, 1.807) is 23.1 Å². The van der Waals surface area contributed by atoms with Crippen molar-refractivity contribution in [2.75, 3.05) is 13.1 Å². The van der Waals surface area contributed by atoms with Gasteiger partial charge in [0.05, 0.1) is 16.8 Å². The van der Waals surface area contributed by atoms with Crippen LogP contribution in [0.4, 0.5) is 4.39 Å². The zero-order chi connectivity index (χ0) is 20.0. The van der Waals surface area contributed by atoms with Crippen molar-refractivity contribution in [3.8, 4) is 22.7 Å². The van der Waals surface area contributed by atoms with Crippen LogP contribution in [0.5, 0.6) is 0 Å². The highest BCUT2D eigenvalue weighted by Crippen LogP contribution is 2.34. The Morgan fingerprint density at radius 2 is 2.07 bits per heavy atom. The second-order valence-electron chi connectivity index (χ2n) is 6.90. The van der Waals surface area contributed by atoms with Crippen LogP contribution in [-0.4, -0.2) is 38.7 Å². The first-order valence-electron chi connectivity index (χ1n) is 9.26. The number of rotatable bonds is 4. The minimum Gasteiger partial charge on any atom is -0.423 e. The zero-order valence-electron chi connectivity index (χ0n) is 15.5. The first-order valence-corrected chi connectivity index (χ1v) is 9.26. The molecule has 5 rings (SSSR count). The van der Waals surface area contributed by atoms with Crippen molar-refractivity contribution in [1.82, 2.24) is 19.7 Å². The predicted molar refractivity (Wildman–Crippen MR) is 107 cm³/mol. The van der Waals surface area contributed by atoms with E-state index < -0.39 is 0 Å². The molecule has 1 aliphatic rings. The number of para-hydroxylation sites is 1. The smallest absolute Gasteiger partial charge is 0.256 e. The van der Waals surface area contributed by atoms with Crippen LogP contribution in [0.15, 0.2) is 65.9 Å². The van der Waals surface area contributed by atoms with Crippen LogP contribution in [0.3, 0.4) is 0 Å². The van der Waals surface area contributed by atoms with Gasteiger partial charge in [-0.05, 0) is 30.3 Å². The van der Waals surface area contributed by atoms with Crippen LogP contribution in [0, 0.1) is 5.82 Å². The molecule has 29 heavy (non-hydrogen) atoms. The molecule has 0 unspecified atom stereocenters. The number of amides is 1. The summed E-state index contributed by atoms with van der Waals surface area (Å²) >= 11 is 0. The maximum Gasteiger partial charge on any atom is 0.256 e. The lowest BCUT2D eigenvalue weighted by Gasteiger charge is -2.19. The van der Waals surface area contributed by atoms with Gasteiger partial charge >= 0.3 is 0 Å². The van der Waals surface area contributed by atoms with Crippen LogP contribution in [0.2, 0.25) is 0 Å².